The molecule has 0 fully saturated rings. The minimum Gasteiger partial charge on any atom is -0.409 e. The number of carbonyl (C=O) groups is 1. The summed E-state index contributed by atoms with van der Waals surface area (Å²) >= 11 is 0. The zero-order valence-corrected chi connectivity index (χ0v) is 10.4. The Kier molecular flexibility index (Phi) is 5.47. The van der Waals surface area contributed by atoms with Crippen molar-refractivity contribution in [2.24, 2.45) is 10.9 Å². The number of nitrogens with zero attached hydrogens (tertiary/aromatic N) is 1. The van der Waals surface area contributed by atoms with Crippen LogP contribution in [0, 0.1) is 5.82 Å². The van der Waals surface area contributed by atoms with Crippen LogP contribution in [0.5, 0.6) is 0 Å². The van der Waals surface area contributed by atoms with Crippen molar-refractivity contribution in [1.82, 2.24) is 0 Å². The topological polar surface area (TPSA) is 96.9 Å². The summed E-state index contributed by atoms with van der Waals surface area (Å²) in [5.74, 6) is -2.18. The fourth-order valence-electron chi connectivity index (χ4n) is 1.28. The molecule has 21 heavy (non-hydrogen) atoms. The Bertz CT molecular complexity index is 546. The van der Waals surface area contributed by atoms with Gasteiger partial charge in [0.05, 0.1) is 5.69 Å². The first-order valence-corrected chi connectivity index (χ1v) is 5.44. The summed E-state index contributed by atoms with van der Waals surface area (Å²) in [5.41, 5.74) is 5.04. The molecule has 116 valence electrons. The molecule has 4 N–H and O–H groups in total. The van der Waals surface area contributed by atoms with Gasteiger partial charge in [-0.05, 0) is 18.2 Å². The Morgan fingerprint density at radius 2 is 2.10 bits per heavy atom. The van der Waals surface area contributed by atoms with Gasteiger partial charge in [0, 0.05) is 5.56 Å². The van der Waals surface area contributed by atoms with E-state index in [4.69, 9.17) is 10.9 Å². The number of halogens is 4. The maximum Gasteiger partial charge on any atom is 0.411 e. The summed E-state index contributed by atoms with van der Waals surface area (Å²) in [6, 6.07) is 3.26. The fourth-order valence-corrected chi connectivity index (χ4v) is 1.28. The van der Waals surface area contributed by atoms with Gasteiger partial charge >= 0.3 is 6.18 Å². The Hall–Kier alpha value is -2.36. The molecule has 1 aromatic carbocycles. The molecule has 6 nitrogen and oxygen atoms in total. The highest BCUT2D eigenvalue weighted by atomic mass is 19.4. The number of hydrogen-bond donors (Lipinski definition) is 3. The lowest BCUT2D eigenvalue weighted by Crippen LogP contribution is -2.24. The van der Waals surface area contributed by atoms with E-state index in [9.17, 15) is 22.4 Å². The summed E-state index contributed by atoms with van der Waals surface area (Å²) in [6.07, 6.45) is -4.55. The van der Waals surface area contributed by atoms with Crippen LogP contribution in [0.3, 0.4) is 0 Å². The maximum atomic E-state index is 13.6. The number of nitrogens with two attached hydrogens (primary N) is 1. The maximum absolute atomic E-state index is 13.6. The lowest BCUT2D eigenvalue weighted by molar-refractivity contribution is -0.174. The molecule has 0 spiro atoms. The van der Waals surface area contributed by atoms with Crippen LogP contribution in [-0.4, -0.2) is 36.3 Å². The molecule has 0 atom stereocenters. The largest absolute Gasteiger partial charge is 0.411 e. The highest BCUT2D eigenvalue weighted by Gasteiger charge is 2.27. The van der Waals surface area contributed by atoms with Crippen molar-refractivity contribution >= 4 is 17.4 Å². The predicted molar refractivity (Wildman–Crippen MR) is 64.4 cm³/mol. The third-order valence-electron chi connectivity index (χ3n) is 2.15. The van der Waals surface area contributed by atoms with E-state index in [-0.39, 0.29) is 17.1 Å². The van der Waals surface area contributed by atoms with Gasteiger partial charge in [-0.1, -0.05) is 5.16 Å². The Morgan fingerprint density at radius 3 is 2.62 bits per heavy atom. The molecule has 1 rings (SSSR count). The average Bonchev–Trinajstić information content (AvgIpc) is 2.38. The Balaban J connectivity index is 2.61. The minimum atomic E-state index is -4.55. The van der Waals surface area contributed by atoms with Crippen LogP contribution in [-0.2, 0) is 9.53 Å². The van der Waals surface area contributed by atoms with Gasteiger partial charge in [0.2, 0.25) is 5.91 Å². The van der Waals surface area contributed by atoms with Crippen LogP contribution >= 0.6 is 0 Å². The van der Waals surface area contributed by atoms with Gasteiger partial charge in [-0.25, -0.2) is 4.39 Å². The van der Waals surface area contributed by atoms with Crippen molar-refractivity contribution < 1.29 is 32.3 Å². The molecule has 10 heteroatoms. The second kappa shape index (κ2) is 6.88. The first-order chi connectivity index (χ1) is 9.73. The zero-order chi connectivity index (χ0) is 16.0. The molecule has 1 amide bonds. The van der Waals surface area contributed by atoms with Crippen molar-refractivity contribution in [2.75, 3.05) is 18.5 Å². The van der Waals surface area contributed by atoms with Gasteiger partial charge < -0.3 is 21.0 Å². The van der Waals surface area contributed by atoms with Crippen molar-refractivity contribution in [3.63, 3.8) is 0 Å². The van der Waals surface area contributed by atoms with Crippen molar-refractivity contribution in [2.45, 2.75) is 6.18 Å². The lowest BCUT2D eigenvalue weighted by Gasteiger charge is -2.09. The molecule has 0 radical (unpaired) electrons. The van der Waals surface area contributed by atoms with Crippen molar-refractivity contribution in [1.29, 1.82) is 0 Å². The molecule has 0 heterocycles. The van der Waals surface area contributed by atoms with E-state index in [1.165, 1.54) is 6.07 Å². The predicted octanol–water partition coefficient (Wildman–Crippen LogP) is 1.44. The summed E-state index contributed by atoms with van der Waals surface area (Å²) in [4.78, 5) is 11.3. The van der Waals surface area contributed by atoms with Gasteiger partial charge in [-0.2, -0.15) is 13.2 Å². The van der Waals surface area contributed by atoms with Gasteiger partial charge in [-0.15, -0.1) is 0 Å². The van der Waals surface area contributed by atoms with Crippen molar-refractivity contribution in [3.05, 3.63) is 29.6 Å². The number of carbonyl (C=O) groups excluding carboxylic acids is 1. The molecular weight excluding hydrogens is 298 g/mol. The Labute approximate surface area is 116 Å². The van der Waals surface area contributed by atoms with Gasteiger partial charge in [0.15, 0.2) is 5.84 Å². The number of ether oxygens (including phenoxy) is 1. The molecule has 0 unspecified atom stereocenters. The minimum absolute atomic E-state index is 0.0707. The summed E-state index contributed by atoms with van der Waals surface area (Å²) < 4.78 is 53.1. The van der Waals surface area contributed by atoms with E-state index < -0.39 is 31.1 Å². The highest BCUT2D eigenvalue weighted by Crippen LogP contribution is 2.16. The number of rotatable bonds is 5. The van der Waals surface area contributed by atoms with Gasteiger partial charge in [0.1, 0.15) is 19.0 Å². The van der Waals surface area contributed by atoms with E-state index in [1.807, 2.05) is 5.32 Å². The van der Waals surface area contributed by atoms with Gasteiger partial charge in [0.25, 0.3) is 0 Å². The van der Waals surface area contributed by atoms with Crippen LogP contribution in [0.15, 0.2) is 23.4 Å². The smallest absolute Gasteiger partial charge is 0.409 e. The standard InChI is InChI=1S/C11H11F4N3O3/c12-7-3-6(10(16)18-20)1-2-8(7)17-9(19)4-21-5-11(13,14)15/h1-3,20H,4-5H2,(H2,16,18)(H,17,19). The van der Waals surface area contributed by atoms with Crippen LogP contribution < -0.4 is 11.1 Å². The number of nitrogens with one attached hydrogen (secondary N) is 1. The molecule has 0 aliphatic rings. The van der Waals surface area contributed by atoms with Crippen LogP contribution in [0.1, 0.15) is 5.56 Å². The van der Waals surface area contributed by atoms with E-state index >= 15 is 0 Å². The van der Waals surface area contributed by atoms with Crippen LogP contribution in [0.2, 0.25) is 0 Å². The quantitative estimate of drug-likeness (QED) is 0.252. The van der Waals surface area contributed by atoms with E-state index in [1.54, 1.807) is 0 Å². The lowest BCUT2D eigenvalue weighted by atomic mass is 10.2. The average molecular weight is 309 g/mol. The first-order valence-electron chi connectivity index (χ1n) is 5.44. The first kappa shape index (κ1) is 16.7. The number of alkyl halides is 3. The number of oxime groups is 1. The number of anilines is 1. The second-order valence-corrected chi connectivity index (χ2v) is 3.84. The normalized spacial score (nSPS) is 12.3. The molecule has 0 bridgehead atoms. The number of benzene rings is 1. The summed E-state index contributed by atoms with van der Waals surface area (Å²) in [6.45, 7) is -2.45. The van der Waals surface area contributed by atoms with Crippen LogP contribution in [0.25, 0.3) is 0 Å². The van der Waals surface area contributed by atoms with Gasteiger partial charge in [-0.3, -0.25) is 4.79 Å². The molecule has 0 aliphatic carbocycles. The van der Waals surface area contributed by atoms with E-state index in [2.05, 4.69) is 9.89 Å². The molecular formula is C11H11F4N3O3. The number of amidine groups is 1. The van der Waals surface area contributed by atoms with E-state index in [0.29, 0.717) is 0 Å². The number of hydrogen-bond acceptors (Lipinski definition) is 4. The highest BCUT2D eigenvalue weighted by molar-refractivity contribution is 5.98. The molecule has 0 aliphatic heterocycles. The van der Waals surface area contributed by atoms with E-state index in [0.717, 1.165) is 12.1 Å². The third-order valence-corrected chi connectivity index (χ3v) is 2.15. The third kappa shape index (κ3) is 5.65. The zero-order valence-electron chi connectivity index (χ0n) is 10.4. The molecule has 0 aromatic heterocycles. The summed E-state index contributed by atoms with van der Waals surface area (Å²) in [5, 5.41) is 13.1. The molecule has 0 saturated carbocycles. The summed E-state index contributed by atoms with van der Waals surface area (Å²) in [7, 11) is 0. The molecule has 1 aromatic rings. The monoisotopic (exact) mass is 309 g/mol. The fraction of sp³-hybridized carbons (Fsp3) is 0.273. The Morgan fingerprint density at radius 1 is 1.43 bits per heavy atom. The second-order valence-electron chi connectivity index (χ2n) is 3.84. The van der Waals surface area contributed by atoms with Crippen molar-refractivity contribution in [3.8, 4) is 0 Å². The SMILES string of the molecule is N/C(=N/O)c1ccc(NC(=O)COCC(F)(F)F)c(F)c1. The number of amides is 1. The molecule has 0 saturated heterocycles. The van der Waals surface area contributed by atoms with Crippen LogP contribution in [0.4, 0.5) is 23.2 Å².